The zero-order chi connectivity index (χ0) is 26.4. The maximum absolute atomic E-state index is 13.1. The van der Waals surface area contributed by atoms with Gasteiger partial charge in [0, 0.05) is 13.0 Å². The highest BCUT2D eigenvalue weighted by Crippen LogP contribution is 2.11. The van der Waals surface area contributed by atoms with Crippen LogP contribution in [0.2, 0.25) is 0 Å². The molecule has 0 aliphatic heterocycles. The number of hydrogen-bond acceptors (Lipinski definition) is 6. The Bertz CT molecular complexity index is 874. The summed E-state index contributed by atoms with van der Waals surface area (Å²) in [5.41, 5.74) is 16.7. The van der Waals surface area contributed by atoms with Crippen molar-refractivity contribution < 1.29 is 24.3 Å². The molecule has 0 saturated heterocycles. The number of nitrogens with two attached hydrogens (primary N) is 3. The molecule has 1 aromatic rings. The van der Waals surface area contributed by atoms with Crippen LogP contribution >= 0.6 is 0 Å². The zero-order valence-corrected chi connectivity index (χ0v) is 20.2. The standard InChI is InChI=1S/C23H37N7O5/c1-3-14(2)19(21(33)29-16(22(34)35)10-7-11-27-23(25)26)30-20(32)17(28-18(31)13-24)12-15-8-5-4-6-9-15/h4-6,8-9,14,16-17,19H,3,7,10-13,24H2,1-2H3,(H,28,31)(H,29,33)(H,30,32)(H,34,35)(H4,25,26,27). The summed E-state index contributed by atoms with van der Waals surface area (Å²) in [5, 5.41) is 17.3. The fourth-order valence-electron chi connectivity index (χ4n) is 3.29. The van der Waals surface area contributed by atoms with Crippen LogP contribution in [0.4, 0.5) is 0 Å². The van der Waals surface area contributed by atoms with Gasteiger partial charge in [-0.3, -0.25) is 19.4 Å². The van der Waals surface area contributed by atoms with Gasteiger partial charge in [0.25, 0.3) is 0 Å². The van der Waals surface area contributed by atoms with Gasteiger partial charge in [-0.15, -0.1) is 0 Å². The molecule has 0 fully saturated rings. The first-order valence-corrected chi connectivity index (χ1v) is 11.5. The van der Waals surface area contributed by atoms with Crippen molar-refractivity contribution in [2.45, 2.75) is 57.7 Å². The van der Waals surface area contributed by atoms with E-state index in [0.29, 0.717) is 12.8 Å². The van der Waals surface area contributed by atoms with Gasteiger partial charge in [0.1, 0.15) is 18.1 Å². The molecule has 0 aliphatic rings. The molecule has 12 nitrogen and oxygen atoms in total. The van der Waals surface area contributed by atoms with E-state index in [0.717, 1.165) is 5.56 Å². The molecular weight excluding hydrogens is 454 g/mol. The molecule has 3 amide bonds. The Kier molecular flexibility index (Phi) is 12.8. The van der Waals surface area contributed by atoms with Crippen molar-refractivity contribution in [3.63, 3.8) is 0 Å². The largest absolute Gasteiger partial charge is 0.480 e. The van der Waals surface area contributed by atoms with Gasteiger partial charge in [-0.25, -0.2) is 4.79 Å². The molecule has 0 radical (unpaired) electrons. The fourth-order valence-corrected chi connectivity index (χ4v) is 3.29. The number of aliphatic carboxylic acids is 1. The molecule has 0 aromatic heterocycles. The quantitative estimate of drug-likeness (QED) is 0.0898. The van der Waals surface area contributed by atoms with Crippen LogP contribution in [-0.2, 0) is 25.6 Å². The highest BCUT2D eigenvalue weighted by Gasteiger charge is 2.32. The number of carbonyl (C=O) groups excluding carboxylic acids is 3. The molecule has 0 spiro atoms. The van der Waals surface area contributed by atoms with Gasteiger partial charge in [-0.1, -0.05) is 50.6 Å². The topological polar surface area (TPSA) is 215 Å². The average molecular weight is 492 g/mol. The maximum Gasteiger partial charge on any atom is 0.326 e. The number of carboxylic acids is 1. The summed E-state index contributed by atoms with van der Waals surface area (Å²) in [6, 6.07) is 5.91. The molecule has 10 N–H and O–H groups in total. The third-order valence-electron chi connectivity index (χ3n) is 5.47. The van der Waals surface area contributed by atoms with Gasteiger partial charge in [0.15, 0.2) is 5.96 Å². The van der Waals surface area contributed by atoms with E-state index < -0.39 is 41.8 Å². The van der Waals surface area contributed by atoms with Gasteiger partial charge >= 0.3 is 5.97 Å². The highest BCUT2D eigenvalue weighted by molar-refractivity contribution is 5.93. The monoisotopic (exact) mass is 491 g/mol. The van der Waals surface area contributed by atoms with E-state index in [1.807, 2.05) is 37.3 Å². The second-order valence-corrected chi connectivity index (χ2v) is 8.23. The Morgan fingerprint density at radius 3 is 2.20 bits per heavy atom. The van der Waals surface area contributed by atoms with Crippen molar-refractivity contribution in [2.75, 3.05) is 13.1 Å². The first kappa shape index (κ1) is 29.4. The maximum atomic E-state index is 13.1. The van der Waals surface area contributed by atoms with Crippen LogP contribution in [0.15, 0.2) is 35.3 Å². The lowest BCUT2D eigenvalue weighted by Crippen LogP contribution is -2.58. The molecule has 4 atom stereocenters. The molecule has 0 bridgehead atoms. The van der Waals surface area contributed by atoms with Gasteiger partial charge in [-0.2, -0.15) is 0 Å². The van der Waals surface area contributed by atoms with Crippen molar-refractivity contribution in [3.05, 3.63) is 35.9 Å². The molecule has 1 rings (SSSR count). The van der Waals surface area contributed by atoms with E-state index >= 15 is 0 Å². The first-order chi connectivity index (χ1) is 16.6. The molecular formula is C23H37N7O5. The highest BCUT2D eigenvalue weighted by atomic mass is 16.4. The van der Waals surface area contributed by atoms with Crippen molar-refractivity contribution in [1.82, 2.24) is 16.0 Å². The summed E-state index contributed by atoms with van der Waals surface area (Å²) in [6.45, 7) is 3.53. The second kappa shape index (κ2) is 15.3. The van der Waals surface area contributed by atoms with E-state index in [9.17, 15) is 24.3 Å². The Morgan fingerprint density at radius 1 is 1.00 bits per heavy atom. The van der Waals surface area contributed by atoms with Gasteiger partial charge in [0.05, 0.1) is 6.54 Å². The summed E-state index contributed by atoms with van der Waals surface area (Å²) in [5.74, 6) is -3.35. The van der Waals surface area contributed by atoms with E-state index in [1.54, 1.807) is 6.92 Å². The molecule has 0 saturated carbocycles. The SMILES string of the molecule is CCC(C)C(NC(=O)C(Cc1ccccc1)NC(=O)CN)C(=O)NC(CCCN=C(N)N)C(=O)O. The van der Waals surface area contributed by atoms with E-state index in [-0.39, 0.29) is 37.8 Å². The van der Waals surface area contributed by atoms with Crippen LogP contribution < -0.4 is 33.2 Å². The van der Waals surface area contributed by atoms with Crippen LogP contribution in [-0.4, -0.2) is 66.0 Å². The smallest absolute Gasteiger partial charge is 0.326 e. The van der Waals surface area contributed by atoms with E-state index in [1.165, 1.54) is 0 Å². The van der Waals surface area contributed by atoms with Gasteiger partial charge < -0.3 is 38.3 Å². The number of nitrogens with zero attached hydrogens (tertiary/aromatic N) is 1. The number of guanidine groups is 1. The van der Waals surface area contributed by atoms with Gasteiger partial charge in [0.2, 0.25) is 17.7 Å². The zero-order valence-electron chi connectivity index (χ0n) is 20.2. The molecule has 0 aliphatic carbocycles. The molecule has 4 unspecified atom stereocenters. The molecule has 1 aromatic carbocycles. The van der Waals surface area contributed by atoms with E-state index in [4.69, 9.17) is 17.2 Å². The summed E-state index contributed by atoms with van der Waals surface area (Å²) >= 11 is 0. The predicted molar refractivity (Wildman–Crippen MR) is 132 cm³/mol. The normalized spacial score (nSPS) is 14.0. The Hall–Kier alpha value is -3.67. The number of rotatable bonds is 15. The third kappa shape index (κ3) is 10.9. The minimum atomic E-state index is -1.21. The van der Waals surface area contributed by atoms with Crippen LogP contribution in [0.5, 0.6) is 0 Å². The minimum absolute atomic E-state index is 0.0994. The Labute approximate surface area is 205 Å². The van der Waals surface area contributed by atoms with Crippen LogP contribution in [0.3, 0.4) is 0 Å². The summed E-state index contributed by atoms with van der Waals surface area (Å²) < 4.78 is 0. The number of nitrogens with one attached hydrogen (secondary N) is 3. The van der Waals surface area contributed by atoms with Crippen LogP contribution in [0, 0.1) is 5.92 Å². The van der Waals surface area contributed by atoms with Crippen molar-refractivity contribution in [1.29, 1.82) is 0 Å². The second-order valence-electron chi connectivity index (χ2n) is 8.23. The van der Waals surface area contributed by atoms with Crippen molar-refractivity contribution in [3.8, 4) is 0 Å². The summed E-state index contributed by atoms with van der Waals surface area (Å²) in [4.78, 5) is 53.6. The summed E-state index contributed by atoms with van der Waals surface area (Å²) in [7, 11) is 0. The van der Waals surface area contributed by atoms with Crippen LogP contribution in [0.25, 0.3) is 0 Å². The number of hydrogen-bond donors (Lipinski definition) is 7. The average Bonchev–Trinajstić information content (AvgIpc) is 2.83. The third-order valence-corrected chi connectivity index (χ3v) is 5.47. The van der Waals surface area contributed by atoms with E-state index in [2.05, 4.69) is 20.9 Å². The number of carboxylic acid groups (broad SMARTS) is 1. The number of benzene rings is 1. The fraction of sp³-hybridized carbons (Fsp3) is 0.522. The Balaban J connectivity index is 2.98. The molecule has 0 heterocycles. The lowest BCUT2D eigenvalue weighted by atomic mass is 9.96. The Morgan fingerprint density at radius 2 is 1.66 bits per heavy atom. The number of amides is 3. The number of aliphatic imine (C=N–C) groups is 1. The molecule has 12 heteroatoms. The van der Waals surface area contributed by atoms with Crippen molar-refractivity contribution in [2.24, 2.45) is 28.1 Å². The number of carbonyl (C=O) groups is 4. The predicted octanol–water partition coefficient (Wildman–Crippen LogP) is -1.17. The minimum Gasteiger partial charge on any atom is -0.480 e. The first-order valence-electron chi connectivity index (χ1n) is 11.5. The van der Waals surface area contributed by atoms with Crippen LogP contribution in [0.1, 0.15) is 38.7 Å². The van der Waals surface area contributed by atoms with Crippen molar-refractivity contribution >= 4 is 29.7 Å². The summed E-state index contributed by atoms with van der Waals surface area (Å²) in [6.07, 6.45) is 1.16. The molecule has 35 heavy (non-hydrogen) atoms. The lowest BCUT2D eigenvalue weighted by molar-refractivity contribution is -0.142. The lowest BCUT2D eigenvalue weighted by Gasteiger charge is -2.27. The van der Waals surface area contributed by atoms with Gasteiger partial charge in [-0.05, 0) is 24.3 Å². The molecule has 194 valence electrons.